The first-order valence-corrected chi connectivity index (χ1v) is 7.66. The third kappa shape index (κ3) is 3.66. The first-order chi connectivity index (χ1) is 12.4. The molecule has 132 valence electrons. The zero-order valence-electron chi connectivity index (χ0n) is 13.5. The largest absolute Gasteiger partial charge is 0.481 e. The molecule has 9 heteroatoms. The normalized spacial score (nSPS) is 10.6. The maximum atomic E-state index is 12.0. The number of carbonyl (C=O) groups is 2. The lowest BCUT2D eigenvalue weighted by Gasteiger charge is -2.01. The van der Waals surface area contributed by atoms with Gasteiger partial charge in [0.25, 0.3) is 5.91 Å². The fraction of sp³-hybridized carbons (Fsp3) is 0.118. The first kappa shape index (κ1) is 17.1. The number of carboxylic acids is 1. The molecule has 1 aromatic carbocycles. The molecule has 0 spiro atoms. The number of amidine groups is 1. The van der Waals surface area contributed by atoms with E-state index < -0.39 is 11.9 Å². The molecule has 5 N–H and O–H groups in total. The fourth-order valence-corrected chi connectivity index (χ4v) is 2.23. The third-order valence-corrected chi connectivity index (χ3v) is 3.56. The molecule has 2 aromatic heterocycles. The maximum absolute atomic E-state index is 12.0. The van der Waals surface area contributed by atoms with Crippen LogP contribution in [0.3, 0.4) is 0 Å². The standard InChI is InChI=1S/C17H15N5O4/c18-14(19)9-1-3-10(4-2-9)16-22-12-6-5-11(21-17(12)26-16)15(25)20-8-7-13(23)24/h1-6H,7-8H2,(H3,18,19)(H,20,25)(H,23,24). The lowest BCUT2D eigenvalue weighted by molar-refractivity contribution is -0.136. The molecule has 0 aliphatic carbocycles. The molecule has 0 aliphatic rings. The minimum absolute atomic E-state index is 0.0119. The highest BCUT2D eigenvalue weighted by Crippen LogP contribution is 2.23. The number of carbonyl (C=O) groups excluding carboxylic acids is 1. The number of carboxylic acid groups (broad SMARTS) is 1. The number of hydrogen-bond acceptors (Lipinski definition) is 6. The molecule has 0 saturated heterocycles. The Bertz CT molecular complexity index is 994. The SMILES string of the molecule is N=C(N)c1ccc(-c2nc3ccc(C(=O)NCCC(=O)O)nc3o2)cc1. The Hall–Kier alpha value is -3.75. The highest BCUT2D eigenvalue weighted by Gasteiger charge is 2.14. The minimum atomic E-state index is -0.996. The van der Waals surface area contributed by atoms with Crippen molar-refractivity contribution in [3.8, 4) is 11.5 Å². The predicted octanol–water partition coefficient (Wildman–Crippen LogP) is 1.38. The highest BCUT2D eigenvalue weighted by atomic mass is 16.4. The van der Waals surface area contributed by atoms with Crippen molar-refractivity contribution in [2.24, 2.45) is 5.73 Å². The summed E-state index contributed by atoms with van der Waals surface area (Å²) in [7, 11) is 0. The van der Waals surface area contributed by atoms with Gasteiger partial charge in [-0.05, 0) is 24.3 Å². The van der Waals surface area contributed by atoms with Crippen LogP contribution in [0.1, 0.15) is 22.5 Å². The van der Waals surface area contributed by atoms with Crippen LogP contribution in [0.15, 0.2) is 40.8 Å². The summed E-state index contributed by atoms with van der Waals surface area (Å²) in [6, 6.07) is 9.90. The average Bonchev–Trinajstić information content (AvgIpc) is 3.04. The zero-order chi connectivity index (χ0) is 18.7. The summed E-state index contributed by atoms with van der Waals surface area (Å²) in [6.45, 7) is 0.0119. The number of benzene rings is 1. The Morgan fingerprint density at radius 2 is 1.88 bits per heavy atom. The van der Waals surface area contributed by atoms with Gasteiger partial charge in [0.05, 0.1) is 6.42 Å². The quantitative estimate of drug-likeness (QED) is 0.385. The van der Waals surface area contributed by atoms with Crippen molar-refractivity contribution in [3.63, 3.8) is 0 Å². The third-order valence-electron chi connectivity index (χ3n) is 3.56. The van der Waals surface area contributed by atoms with Crippen molar-refractivity contribution >= 4 is 28.9 Å². The second-order valence-electron chi connectivity index (χ2n) is 5.43. The Morgan fingerprint density at radius 1 is 1.15 bits per heavy atom. The van der Waals surface area contributed by atoms with Crippen LogP contribution < -0.4 is 11.1 Å². The van der Waals surface area contributed by atoms with Gasteiger partial charge < -0.3 is 20.6 Å². The highest BCUT2D eigenvalue weighted by molar-refractivity contribution is 5.95. The van der Waals surface area contributed by atoms with E-state index in [9.17, 15) is 9.59 Å². The molecule has 9 nitrogen and oxygen atoms in total. The van der Waals surface area contributed by atoms with Gasteiger partial charge in [0.15, 0.2) is 0 Å². The van der Waals surface area contributed by atoms with Gasteiger partial charge >= 0.3 is 5.97 Å². The van der Waals surface area contributed by atoms with Crippen LogP contribution in [0.25, 0.3) is 22.7 Å². The topological polar surface area (TPSA) is 155 Å². The van der Waals surface area contributed by atoms with Crippen molar-refractivity contribution in [1.29, 1.82) is 5.41 Å². The molecule has 0 atom stereocenters. The van der Waals surface area contributed by atoms with Crippen LogP contribution in [0.4, 0.5) is 0 Å². The first-order valence-electron chi connectivity index (χ1n) is 7.66. The molecule has 26 heavy (non-hydrogen) atoms. The van der Waals surface area contributed by atoms with E-state index in [-0.39, 0.29) is 30.2 Å². The van der Waals surface area contributed by atoms with Gasteiger partial charge in [-0.15, -0.1) is 0 Å². The number of nitrogens with two attached hydrogens (primary N) is 1. The van der Waals surface area contributed by atoms with E-state index >= 15 is 0 Å². The summed E-state index contributed by atoms with van der Waals surface area (Å²) in [5, 5.41) is 18.5. The zero-order valence-corrected chi connectivity index (χ0v) is 13.5. The summed E-state index contributed by atoms with van der Waals surface area (Å²) < 4.78 is 5.61. The lowest BCUT2D eigenvalue weighted by atomic mass is 10.1. The van der Waals surface area contributed by atoms with E-state index in [1.165, 1.54) is 6.07 Å². The number of aliphatic carboxylic acids is 1. The Labute approximate surface area is 147 Å². The number of amides is 1. The van der Waals surface area contributed by atoms with Gasteiger partial charge in [-0.25, -0.2) is 9.97 Å². The number of pyridine rings is 1. The number of nitrogens with one attached hydrogen (secondary N) is 2. The summed E-state index contributed by atoms with van der Waals surface area (Å²) in [4.78, 5) is 30.9. The summed E-state index contributed by atoms with van der Waals surface area (Å²) in [5.74, 6) is -1.19. The molecule has 3 aromatic rings. The second kappa shape index (κ2) is 7.01. The molecular formula is C17H15N5O4. The van der Waals surface area contributed by atoms with E-state index in [0.29, 0.717) is 22.5 Å². The van der Waals surface area contributed by atoms with E-state index in [1.54, 1.807) is 30.3 Å². The molecule has 0 saturated carbocycles. The Morgan fingerprint density at radius 3 is 2.54 bits per heavy atom. The van der Waals surface area contributed by atoms with Crippen LogP contribution in [0, 0.1) is 5.41 Å². The van der Waals surface area contributed by atoms with E-state index in [2.05, 4.69) is 15.3 Å². The Balaban J connectivity index is 1.81. The van der Waals surface area contributed by atoms with E-state index in [0.717, 1.165) is 0 Å². The average molecular weight is 353 g/mol. The molecule has 0 aliphatic heterocycles. The molecule has 1 amide bonds. The molecule has 2 heterocycles. The number of rotatable bonds is 6. The van der Waals surface area contributed by atoms with Crippen molar-refractivity contribution in [2.75, 3.05) is 6.54 Å². The number of nitrogen functional groups attached to an aromatic ring is 1. The van der Waals surface area contributed by atoms with Crippen LogP contribution in [0.5, 0.6) is 0 Å². The van der Waals surface area contributed by atoms with E-state index in [1.807, 2.05) is 0 Å². The maximum Gasteiger partial charge on any atom is 0.305 e. The molecular weight excluding hydrogens is 338 g/mol. The number of aromatic nitrogens is 2. The van der Waals surface area contributed by atoms with Gasteiger partial charge in [0, 0.05) is 17.7 Å². The summed E-state index contributed by atoms with van der Waals surface area (Å²) in [6.07, 6.45) is -0.170. The molecule has 0 fully saturated rings. The van der Waals surface area contributed by atoms with Crippen molar-refractivity contribution in [3.05, 3.63) is 47.7 Å². The van der Waals surface area contributed by atoms with Crippen molar-refractivity contribution < 1.29 is 19.1 Å². The van der Waals surface area contributed by atoms with Gasteiger partial charge in [0.1, 0.15) is 17.0 Å². The molecule has 0 unspecified atom stereocenters. The van der Waals surface area contributed by atoms with Crippen molar-refractivity contribution in [2.45, 2.75) is 6.42 Å². The smallest absolute Gasteiger partial charge is 0.305 e. The number of oxazole rings is 1. The number of hydrogen-bond donors (Lipinski definition) is 4. The van der Waals surface area contributed by atoms with Crippen LogP contribution in [-0.4, -0.2) is 39.3 Å². The number of nitrogens with zero attached hydrogens (tertiary/aromatic N) is 2. The molecule has 3 rings (SSSR count). The van der Waals surface area contributed by atoms with E-state index in [4.69, 9.17) is 20.7 Å². The van der Waals surface area contributed by atoms with Gasteiger partial charge in [-0.3, -0.25) is 15.0 Å². The minimum Gasteiger partial charge on any atom is -0.481 e. The predicted molar refractivity (Wildman–Crippen MR) is 92.8 cm³/mol. The summed E-state index contributed by atoms with van der Waals surface area (Å²) in [5.41, 5.74) is 7.48. The Kier molecular flexibility index (Phi) is 4.61. The van der Waals surface area contributed by atoms with Gasteiger partial charge in [0.2, 0.25) is 11.6 Å². The second-order valence-corrected chi connectivity index (χ2v) is 5.43. The molecule has 0 bridgehead atoms. The van der Waals surface area contributed by atoms with Gasteiger partial charge in [-0.1, -0.05) is 12.1 Å². The summed E-state index contributed by atoms with van der Waals surface area (Å²) >= 11 is 0. The van der Waals surface area contributed by atoms with Gasteiger partial charge in [-0.2, -0.15) is 0 Å². The van der Waals surface area contributed by atoms with Crippen LogP contribution in [0.2, 0.25) is 0 Å². The monoisotopic (exact) mass is 353 g/mol. The van der Waals surface area contributed by atoms with Crippen molar-refractivity contribution in [1.82, 2.24) is 15.3 Å². The fourth-order valence-electron chi connectivity index (χ4n) is 2.23. The lowest BCUT2D eigenvalue weighted by Crippen LogP contribution is -2.26. The molecule has 0 radical (unpaired) electrons. The number of fused-ring (bicyclic) bond motifs is 1. The van der Waals surface area contributed by atoms with Crippen LogP contribution in [-0.2, 0) is 4.79 Å². The van der Waals surface area contributed by atoms with Crippen LogP contribution >= 0.6 is 0 Å².